The number of hydrogen-bond acceptors (Lipinski definition) is 24. The first-order valence-electron chi connectivity index (χ1n) is 36.2. The largest absolute Gasteiger partial charge is 0.475 e. The maximum Gasteiger partial charge on any atom is 0.475 e. The van der Waals surface area contributed by atoms with Gasteiger partial charge in [-0.1, -0.05) is 270 Å². The number of benzene rings is 8. The summed E-state index contributed by atoms with van der Waals surface area (Å²) in [5, 5.41) is 0. The Morgan fingerprint density at radius 1 is 0.291 bits per heavy atom. The van der Waals surface area contributed by atoms with Crippen molar-refractivity contribution in [3.8, 4) is 0 Å². The Morgan fingerprint density at radius 3 is 0.627 bits per heavy atom. The minimum absolute atomic E-state index is 0.0868. The van der Waals surface area contributed by atoms with Gasteiger partial charge in [0, 0.05) is 10.8 Å². The second-order valence-corrected chi connectivity index (χ2v) is 35.7. The molecule has 13 rings (SSSR count). The van der Waals surface area contributed by atoms with E-state index in [1.165, 1.54) is 0 Å². The number of esters is 4. The topological polar surface area (TPSA) is 284 Å². The molecule has 28 heteroatoms. The number of rotatable bonds is 36. The Balaban J connectivity index is 1.09. The van der Waals surface area contributed by atoms with E-state index in [1.54, 1.807) is 284 Å². The van der Waals surface area contributed by atoms with Crippen molar-refractivity contribution in [3.05, 3.63) is 287 Å². The van der Waals surface area contributed by atoms with E-state index in [1.807, 2.05) is 0 Å². The highest BCUT2D eigenvalue weighted by atomic mass is 31.2. The molecular weight excluding hydrogens is 1490 g/mol. The van der Waals surface area contributed by atoms with Crippen LogP contribution in [0, 0.1) is 21.7 Å². The lowest BCUT2D eigenvalue weighted by Crippen LogP contribution is -2.69. The Hall–Kier alpha value is -7.92. The summed E-state index contributed by atoms with van der Waals surface area (Å²) >= 11 is 0. The molecule has 110 heavy (non-hydrogen) atoms. The molecule has 2 saturated heterocycles. The molecule has 3 saturated carbocycles. The highest BCUT2D eigenvalue weighted by Crippen LogP contribution is 2.69. The number of hydrogen-bond donors (Lipinski definition) is 0. The van der Waals surface area contributed by atoms with Crippen LogP contribution in [0.5, 0.6) is 0 Å². The lowest BCUT2D eigenvalue weighted by Gasteiger charge is -2.50. The second kappa shape index (κ2) is 33.4. The zero-order valence-corrected chi connectivity index (χ0v) is 65.2. The van der Waals surface area contributed by atoms with Gasteiger partial charge in [0.05, 0.1) is 63.7 Å². The molecule has 8 aromatic rings. The molecule has 5 fully saturated rings. The first-order valence-corrected chi connectivity index (χ1v) is 42.1. The summed E-state index contributed by atoms with van der Waals surface area (Å²) < 4.78 is 174. The third-order valence-corrected chi connectivity index (χ3v) is 27.7. The Morgan fingerprint density at radius 2 is 0.464 bits per heavy atom. The molecule has 2 heterocycles. The fourth-order valence-corrected chi connectivity index (χ4v) is 19.9. The van der Waals surface area contributed by atoms with Crippen LogP contribution in [0.1, 0.15) is 112 Å². The van der Waals surface area contributed by atoms with Crippen LogP contribution in [-0.4, -0.2) is 71.7 Å². The average Bonchev–Trinajstić information content (AvgIpc) is 1.52. The van der Waals surface area contributed by atoms with Crippen molar-refractivity contribution in [2.45, 2.75) is 168 Å². The molecule has 8 aromatic carbocycles. The molecule has 0 aromatic heterocycles. The second-order valence-electron chi connectivity index (χ2n) is 29.2. The molecule has 10 atom stereocenters. The first-order chi connectivity index (χ1) is 52.7. The Kier molecular flexibility index (Phi) is 24.3. The van der Waals surface area contributed by atoms with Crippen molar-refractivity contribution in [2.75, 3.05) is 0 Å². The monoisotopic (exact) mass is 1580 g/mol. The number of fused-ring (bicyclic) bond motifs is 4. The predicted molar refractivity (Wildman–Crippen MR) is 399 cm³/mol. The fourth-order valence-electron chi connectivity index (χ4n) is 14.5. The molecule has 2 aliphatic heterocycles. The summed E-state index contributed by atoms with van der Waals surface area (Å²) in [6.07, 6.45) is -15.7. The van der Waals surface area contributed by atoms with Gasteiger partial charge in [0.15, 0.2) is 12.2 Å². The SMILES string of the molecule is CC1(C)[C@@]2(C)CC[C@]1(C(=O)O[C@H]1C(OP(=O)(OCc3ccccc3)OCc3ccccc3)[C@H](OC(=O)[C@@]34CC[C@@](C)(C(=O)O3)C4(C)C)[C@@H](OP(=O)(OCc3ccccc3)OCc3ccccc3)C(OP(=O)(OCc3ccccc3)OCc3ccccc3)[C@H]1OP(=O)(OCc1ccccc1)OCc1ccccc1)OC2=O. The molecule has 0 radical (unpaired) electrons. The molecule has 3 aliphatic carbocycles. The maximum absolute atomic E-state index is 17.0. The number of phosphoric ester groups is 4. The van der Waals surface area contributed by atoms with E-state index < -0.39 is 178 Å². The van der Waals surface area contributed by atoms with Crippen LogP contribution in [-0.2, 0) is 164 Å². The standard InChI is InChI=1S/C82H88O24P4/c1-77(2)79(5)47-49-81(77,101-73(79)83)75(85)99-67-69(103-107(87,91-51-59-31-15-7-16-32-59)92-52-60-33-17-8-18-34-60)68(100-76(86)82-50-48-80(6,74(84)102-82)78(82,3)4)71(105-109(89,95-55-63-39-23-11-24-40-63)96-56-64-41-25-12-26-42-64)72(106-110(90,97-57-65-43-27-13-28-44-65)98-58-66-45-29-14-30-46-66)70(67)104-108(88,93-53-61-35-19-9-20-36-61)94-54-62-37-21-10-22-38-62/h7-46,67-72H,47-58H2,1-6H3/t67-,68-,69?,70-,71+,72?,79-,80-,81+,82+/m0/s1. The van der Waals surface area contributed by atoms with Crippen LogP contribution in [0.2, 0.25) is 0 Å². The van der Waals surface area contributed by atoms with Gasteiger partial charge in [-0.2, -0.15) is 0 Å². The third kappa shape index (κ3) is 17.0. The molecule has 0 amide bonds. The van der Waals surface area contributed by atoms with E-state index >= 15 is 27.8 Å². The van der Waals surface area contributed by atoms with Crippen LogP contribution in [0.3, 0.4) is 0 Å². The molecule has 4 bridgehead atoms. The smallest absolute Gasteiger partial charge is 0.454 e. The van der Waals surface area contributed by atoms with E-state index in [2.05, 4.69) is 0 Å². The van der Waals surface area contributed by atoms with Crippen molar-refractivity contribution in [1.82, 2.24) is 0 Å². The number of carbonyl (C=O) groups excluding carboxylic acids is 4. The maximum atomic E-state index is 17.0. The van der Waals surface area contributed by atoms with Gasteiger partial charge in [-0.15, -0.1) is 0 Å². The molecule has 5 aliphatic rings. The summed E-state index contributed by atoms with van der Waals surface area (Å²) in [4.78, 5) is 62.1. The van der Waals surface area contributed by atoms with Gasteiger partial charge in [0.25, 0.3) is 0 Å². The first kappa shape index (κ1) is 80.1. The fraction of sp³-hybridized carbons (Fsp3) is 0.366. The zero-order valence-electron chi connectivity index (χ0n) is 61.6. The summed E-state index contributed by atoms with van der Waals surface area (Å²) in [7, 11) is -22.2. The van der Waals surface area contributed by atoms with Crippen molar-refractivity contribution in [3.63, 3.8) is 0 Å². The summed E-state index contributed by atoms with van der Waals surface area (Å²) in [5.41, 5.74) is -6.56. The van der Waals surface area contributed by atoms with E-state index in [9.17, 15) is 9.59 Å². The van der Waals surface area contributed by atoms with Crippen molar-refractivity contribution < 1.29 is 111 Å². The normalized spacial score (nSPS) is 25.4. The minimum atomic E-state index is -5.56. The quantitative estimate of drug-likeness (QED) is 0.0200. The molecule has 580 valence electrons. The molecule has 0 spiro atoms. The molecule has 24 nitrogen and oxygen atoms in total. The van der Waals surface area contributed by atoms with Gasteiger partial charge in [0.1, 0.15) is 24.4 Å². The van der Waals surface area contributed by atoms with Crippen LogP contribution >= 0.6 is 31.3 Å². The Bertz CT molecular complexity index is 4310. The van der Waals surface area contributed by atoms with Gasteiger partial charge >= 0.3 is 55.2 Å². The van der Waals surface area contributed by atoms with Crippen LogP contribution in [0.15, 0.2) is 243 Å². The zero-order chi connectivity index (χ0) is 77.5. The number of carbonyl (C=O) groups is 4. The Labute approximate surface area is 639 Å². The van der Waals surface area contributed by atoms with Gasteiger partial charge in [-0.3, -0.25) is 63.9 Å². The molecular formula is C82H88O24P4. The van der Waals surface area contributed by atoms with Crippen LogP contribution < -0.4 is 0 Å². The highest BCUT2D eigenvalue weighted by molar-refractivity contribution is 7.49. The average molecular weight is 1580 g/mol. The van der Waals surface area contributed by atoms with Crippen molar-refractivity contribution in [2.24, 2.45) is 21.7 Å². The van der Waals surface area contributed by atoms with E-state index in [0.29, 0.717) is 44.5 Å². The predicted octanol–water partition coefficient (Wildman–Crippen LogP) is 17.8. The lowest BCUT2D eigenvalue weighted by atomic mass is 9.66. The van der Waals surface area contributed by atoms with Gasteiger partial charge < -0.3 is 18.9 Å². The van der Waals surface area contributed by atoms with Crippen molar-refractivity contribution >= 4 is 55.2 Å². The lowest BCUT2D eigenvalue weighted by molar-refractivity contribution is -0.246. The molecule has 2 unspecified atom stereocenters. The minimum Gasteiger partial charge on any atom is -0.454 e. The molecule has 0 N–H and O–H groups in total. The van der Waals surface area contributed by atoms with E-state index in [-0.39, 0.29) is 25.7 Å². The highest BCUT2D eigenvalue weighted by Gasteiger charge is 2.79. The van der Waals surface area contributed by atoms with Gasteiger partial charge in [0.2, 0.25) is 11.2 Å². The summed E-state index contributed by atoms with van der Waals surface area (Å²) in [6.45, 7) is 5.57. The summed E-state index contributed by atoms with van der Waals surface area (Å²) in [6, 6.07) is 67.7. The van der Waals surface area contributed by atoms with Crippen LogP contribution in [0.4, 0.5) is 0 Å². The van der Waals surface area contributed by atoms with Gasteiger partial charge in [-0.05, 0) is 84.0 Å². The van der Waals surface area contributed by atoms with Gasteiger partial charge in [-0.25, -0.2) is 27.8 Å². The third-order valence-electron chi connectivity index (χ3n) is 22.1. The summed E-state index contributed by atoms with van der Waals surface area (Å²) in [5.74, 6) is -4.18. The van der Waals surface area contributed by atoms with Crippen molar-refractivity contribution in [1.29, 1.82) is 0 Å². The number of ether oxygens (including phenoxy) is 4. The van der Waals surface area contributed by atoms with E-state index in [0.717, 1.165) is 0 Å². The van der Waals surface area contributed by atoms with Crippen LogP contribution in [0.25, 0.3) is 0 Å². The number of phosphoric acid groups is 4. The van der Waals surface area contributed by atoms with E-state index in [4.69, 9.17) is 73.2 Å².